The van der Waals surface area contributed by atoms with Gasteiger partial charge in [0.25, 0.3) is 0 Å². The highest BCUT2D eigenvalue weighted by Crippen LogP contribution is 2.20. The van der Waals surface area contributed by atoms with Crippen LogP contribution in [0.1, 0.15) is 48.2 Å². The number of ketones is 1. The zero-order valence-electron chi connectivity index (χ0n) is 13.6. The van der Waals surface area contributed by atoms with Crippen LogP contribution < -0.4 is 5.32 Å². The van der Waals surface area contributed by atoms with Crippen molar-refractivity contribution in [3.05, 3.63) is 35.4 Å². The summed E-state index contributed by atoms with van der Waals surface area (Å²) in [6.45, 7) is 2.62. The Morgan fingerprint density at radius 1 is 1.17 bits per heavy atom. The molecule has 6 heteroatoms. The fourth-order valence-electron chi connectivity index (χ4n) is 2.13. The molecule has 3 N–H and O–H groups in total. The number of aliphatic hydroxyl groups excluding tert-OH is 2. The molecule has 0 fully saturated rings. The smallest absolute Gasteiger partial charge is 0.306 e. The molecule has 0 aliphatic carbocycles. The molecule has 0 amide bonds. The van der Waals surface area contributed by atoms with Gasteiger partial charge in [0, 0.05) is 12.0 Å². The summed E-state index contributed by atoms with van der Waals surface area (Å²) in [5.74, 6) is -0.546. The Bertz CT molecular complexity index is 500. The van der Waals surface area contributed by atoms with E-state index in [1.165, 1.54) is 0 Å². The number of hydrogen-bond acceptors (Lipinski definition) is 6. The molecule has 0 saturated carbocycles. The predicted molar refractivity (Wildman–Crippen MR) is 86.1 cm³/mol. The Morgan fingerprint density at radius 2 is 1.83 bits per heavy atom. The Kier molecular flexibility index (Phi) is 8.47. The number of nitrogens with one attached hydrogen (secondary N) is 1. The molecule has 1 aromatic carbocycles. The molecule has 0 heterocycles. The van der Waals surface area contributed by atoms with Crippen LogP contribution >= 0.6 is 0 Å². The number of rotatable bonds is 10. The summed E-state index contributed by atoms with van der Waals surface area (Å²) in [6.07, 6.45) is -1.29. The number of Topliss-reactive ketones (excluding diaryl/α,β-unsaturated/α-hetero) is 1. The number of esters is 1. The van der Waals surface area contributed by atoms with E-state index >= 15 is 0 Å². The number of benzene rings is 1. The van der Waals surface area contributed by atoms with E-state index in [-0.39, 0.29) is 24.6 Å². The van der Waals surface area contributed by atoms with Crippen molar-refractivity contribution in [1.82, 2.24) is 5.32 Å². The van der Waals surface area contributed by atoms with Gasteiger partial charge < -0.3 is 20.3 Å². The van der Waals surface area contributed by atoms with E-state index in [2.05, 4.69) is 5.32 Å². The van der Waals surface area contributed by atoms with E-state index < -0.39 is 12.2 Å². The lowest BCUT2D eigenvalue weighted by atomic mass is 9.99. The standard InChI is InChI=1S/C17H25NO5/c1-3-23-16(21)9-8-14(19)12-4-6-13(7-5-12)17(22)15(20)10-11-18-2/h4-7,15,17-18,20,22H,3,8-11H2,1-2H3. The van der Waals surface area contributed by atoms with Crippen LogP contribution in [0.3, 0.4) is 0 Å². The average molecular weight is 323 g/mol. The number of ether oxygens (including phenoxy) is 1. The minimum Gasteiger partial charge on any atom is -0.466 e. The third-order valence-electron chi connectivity index (χ3n) is 3.49. The summed E-state index contributed by atoms with van der Waals surface area (Å²) in [4.78, 5) is 23.2. The molecule has 23 heavy (non-hydrogen) atoms. The summed E-state index contributed by atoms with van der Waals surface area (Å²) in [6, 6.07) is 6.42. The van der Waals surface area contributed by atoms with E-state index in [0.717, 1.165) is 0 Å². The lowest BCUT2D eigenvalue weighted by molar-refractivity contribution is -0.143. The molecule has 0 aromatic heterocycles. The molecule has 2 atom stereocenters. The molecule has 0 radical (unpaired) electrons. The Hall–Kier alpha value is -1.76. The normalized spacial score (nSPS) is 13.4. The van der Waals surface area contributed by atoms with Crippen molar-refractivity contribution in [2.45, 2.75) is 38.4 Å². The topological polar surface area (TPSA) is 95.9 Å². The summed E-state index contributed by atoms with van der Waals surface area (Å²) < 4.78 is 4.78. The summed E-state index contributed by atoms with van der Waals surface area (Å²) in [7, 11) is 1.77. The van der Waals surface area contributed by atoms with Gasteiger partial charge in [0.05, 0.1) is 19.1 Å². The second kappa shape index (κ2) is 10.1. The minimum atomic E-state index is -0.993. The monoisotopic (exact) mass is 323 g/mol. The first kappa shape index (κ1) is 19.3. The molecular weight excluding hydrogens is 298 g/mol. The van der Waals surface area contributed by atoms with Crippen molar-refractivity contribution in [1.29, 1.82) is 0 Å². The van der Waals surface area contributed by atoms with Gasteiger partial charge in [-0.25, -0.2) is 0 Å². The number of carbonyl (C=O) groups excluding carboxylic acids is 2. The molecular formula is C17H25NO5. The van der Waals surface area contributed by atoms with Crippen molar-refractivity contribution in [3.63, 3.8) is 0 Å². The molecule has 128 valence electrons. The van der Waals surface area contributed by atoms with Crippen LogP contribution in [-0.2, 0) is 9.53 Å². The van der Waals surface area contributed by atoms with Gasteiger partial charge in [-0.2, -0.15) is 0 Å². The molecule has 2 unspecified atom stereocenters. The molecule has 0 aliphatic heterocycles. The maximum atomic E-state index is 12.0. The zero-order chi connectivity index (χ0) is 17.2. The minimum absolute atomic E-state index is 0.0553. The van der Waals surface area contributed by atoms with Crippen molar-refractivity contribution < 1.29 is 24.5 Å². The Labute approximate surface area is 136 Å². The lowest BCUT2D eigenvalue weighted by Gasteiger charge is -2.18. The highest BCUT2D eigenvalue weighted by atomic mass is 16.5. The highest BCUT2D eigenvalue weighted by Gasteiger charge is 2.18. The van der Waals surface area contributed by atoms with Crippen LogP contribution in [-0.4, -0.2) is 48.3 Å². The maximum absolute atomic E-state index is 12.0. The Morgan fingerprint density at radius 3 is 2.39 bits per heavy atom. The van der Waals surface area contributed by atoms with Crippen LogP contribution in [0.4, 0.5) is 0 Å². The lowest BCUT2D eigenvalue weighted by Crippen LogP contribution is -2.23. The first-order chi connectivity index (χ1) is 11.0. The molecule has 0 bridgehead atoms. The van der Waals surface area contributed by atoms with Crippen molar-refractivity contribution in [2.24, 2.45) is 0 Å². The van der Waals surface area contributed by atoms with Gasteiger partial charge in [-0.05, 0) is 32.5 Å². The zero-order valence-corrected chi connectivity index (χ0v) is 13.6. The van der Waals surface area contributed by atoms with Gasteiger partial charge in [-0.15, -0.1) is 0 Å². The van der Waals surface area contributed by atoms with Gasteiger partial charge in [-0.1, -0.05) is 24.3 Å². The molecule has 0 aliphatic rings. The SMILES string of the molecule is CCOC(=O)CCC(=O)c1ccc(C(O)C(O)CCNC)cc1. The molecule has 1 rings (SSSR count). The first-order valence-corrected chi connectivity index (χ1v) is 7.79. The second-order valence-corrected chi connectivity index (χ2v) is 5.25. The van der Waals surface area contributed by atoms with Crippen LogP contribution in [0.5, 0.6) is 0 Å². The van der Waals surface area contributed by atoms with E-state index in [4.69, 9.17) is 4.74 Å². The van der Waals surface area contributed by atoms with E-state index in [1.54, 1.807) is 38.2 Å². The molecule has 0 spiro atoms. The average Bonchev–Trinajstić information content (AvgIpc) is 2.57. The van der Waals surface area contributed by atoms with E-state index in [9.17, 15) is 19.8 Å². The highest BCUT2D eigenvalue weighted by molar-refractivity contribution is 5.97. The second-order valence-electron chi connectivity index (χ2n) is 5.25. The van der Waals surface area contributed by atoms with Crippen LogP contribution in [0, 0.1) is 0 Å². The van der Waals surface area contributed by atoms with Crippen LogP contribution in [0.25, 0.3) is 0 Å². The Balaban J connectivity index is 2.58. The summed E-state index contributed by atoms with van der Waals surface area (Å²) in [5, 5.41) is 22.8. The number of carbonyl (C=O) groups is 2. The largest absolute Gasteiger partial charge is 0.466 e. The predicted octanol–water partition coefficient (Wildman–Crippen LogP) is 1.22. The summed E-state index contributed by atoms with van der Waals surface area (Å²) >= 11 is 0. The van der Waals surface area contributed by atoms with Gasteiger partial charge in [0.2, 0.25) is 0 Å². The van der Waals surface area contributed by atoms with Gasteiger partial charge in [-0.3, -0.25) is 9.59 Å². The number of aliphatic hydroxyl groups is 2. The maximum Gasteiger partial charge on any atom is 0.306 e. The quantitative estimate of drug-likeness (QED) is 0.442. The third kappa shape index (κ3) is 6.48. The van der Waals surface area contributed by atoms with Gasteiger partial charge in [0.15, 0.2) is 5.78 Å². The van der Waals surface area contributed by atoms with Crippen molar-refractivity contribution in [2.75, 3.05) is 20.2 Å². The molecule has 6 nitrogen and oxygen atoms in total. The van der Waals surface area contributed by atoms with Crippen molar-refractivity contribution >= 4 is 11.8 Å². The number of hydrogen-bond donors (Lipinski definition) is 3. The first-order valence-electron chi connectivity index (χ1n) is 7.79. The van der Waals surface area contributed by atoms with Crippen LogP contribution in [0.15, 0.2) is 24.3 Å². The van der Waals surface area contributed by atoms with E-state index in [0.29, 0.717) is 30.7 Å². The fraction of sp³-hybridized carbons (Fsp3) is 0.529. The van der Waals surface area contributed by atoms with Gasteiger partial charge in [0.1, 0.15) is 6.10 Å². The summed E-state index contributed by atoms with van der Waals surface area (Å²) in [5.41, 5.74) is 1.02. The molecule has 1 aromatic rings. The fourth-order valence-corrected chi connectivity index (χ4v) is 2.13. The molecule has 0 saturated heterocycles. The van der Waals surface area contributed by atoms with Gasteiger partial charge >= 0.3 is 5.97 Å². The van der Waals surface area contributed by atoms with Crippen molar-refractivity contribution in [3.8, 4) is 0 Å². The van der Waals surface area contributed by atoms with E-state index in [1.807, 2.05) is 0 Å². The third-order valence-corrected chi connectivity index (χ3v) is 3.49. The van der Waals surface area contributed by atoms with Crippen LogP contribution in [0.2, 0.25) is 0 Å².